The van der Waals surface area contributed by atoms with Gasteiger partial charge in [-0.1, -0.05) is 48.0 Å². The fourth-order valence-corrected chi connectivity index (χ4v) is 2.49. The lowest BCUT2D eigenvalue weighted by Crippen LogP contribution is -1.88. The Bertz CT molecular complexity index is 623. The van der Waals surface area contributed by atoms with Crippen molar-refractivity contribution in [1.82, 2.24) is 0 Å². The highest BCUT2D eigenvalue weighted by Gasteiger charge is 2.00. The van der Waals surface area contributed by atoms with E-state index in [-0.39, 0.29) is 0 Å². The van der Waals surface area contributed by atoms with Gasteiger partial charge in [-0.25, -0.2) is 0 Å². The van der Waals surface area contributed by atoms with Crippen molar-refractivity contribution >= 4 is 36.1 Å². The molecular formula is C15H13P. The number of rotatable bonds is 0. The van der Waals surface area contributed by atoms with Crippen LogP contribution in [0.1, 0.15) is 5.56 Å². The molecule has 0 aliphatic rings. The van der Waals surface area contributed by atoms with Crippen molar-refractivity contribution in [2.75, 3.05) is 0 Å². The van der Waals surface area contributed by atoms with Gasteiger partial charge in [-0.05, 0) is 39.8 Å². The van der Waals surface area contributed by atoms with Gasteiger partial charge in [-0.2, -0.15) is 0 Å². The second-order valence-corrected chi connectivity index (χ2v) is 4.94. The lowest BCUT2D eigenvalue weighted by Gasteiger charge is -2.05. The summed E-state index contributed by atoms with van der Waals surface area (Å²) < 4.78 is 0. The fraction of sp³-hybridized carbons (Fsp3) is 0.0667. The Morgan fingerprint density at radius 2 is 1.38 bits per heavy atom. The van der Waals surface area contributed by atoms with Crippen LogP contribution < -0.4 is 5.30 Å². The average Bonchev–Trinajstić information content (AvgIpc) is 2.28. The summed E-state index contributed by atoms with van der Waals surface area (Å²) in [4.78, 5) is 0. The van der Waals surface area contributed by atoms with E-state index in [2.05, 4.69) is 64.7 Å². The topological polar surface area (TPSA) is 0 Å². The van der Waals surface area contributed by atoms with Gasteiger partial charge in [0, 0.05) is 0 Å². The third kappa shape index (κ3) is 1.50. The molecule has 0 N–H and O–H groups in total. The van der Waals surface area contributed by atoms with Crippen molar-refractivity contribution < 1.29 is 0 Å². The molecule has 1 heteroatoms. The Morgan fingerprint density at radius 1 is 0.750 bits per heavy atom. The number of hydrogen-bond donors (Lipinski definition) is 0. The third-order valence-corrected chi connectivity index (χ3v) is 3.37. The van der Waals surface area contributed by atoms with Gasteiger partial charge < -0.3 is 0 Å². The molecule has 3 aromatic rings. The van der Waals surface area contributed by atoms with Gasteiger partial charge in [0.25, 0.3) is 0 Å². The van der Waals surface area contributed by atoms with Crippen LogP contribution in [-0.4, -0.2) is 0 Å². The first-order chi connectivity index (χ1) is 7.74. The zero-order valence-electron chi connectivity index (χ0n) is 9.20. The maximum atomic E-state index is 2.75. The maximum absolute atomic E-state index is 2.75. The maximum Gasteiger partial charge on any atom is -0.0105 e. The summed E-state index contributed by atoms with van der Waals surface area (Å²) >= 11 is 0. The number of benzene rings is 3. The van der Waals surface area contributed by atoms with E-state index in [1.807, 2.05) is 0 Å². The number of hydrogen-bond acceptors (Lipinski definition) is 0. The molecule has 0 aliphatic carbocycles. The molecule has 0 spiro atoms. The predicted octanol–water partition coefficient (Wildman–Crippen LogP) is 3.80. The van der Waals surface area contributed by atoms with Crippen LogP contribution in [-0.2, 0) is 0 Å². The predicted molar refractivity (Wildman–Crippen MR) is 75.5 cm³/mol. The molecule has 3 aromatic carbocycles. The number of aryl methyl sites for hydroxylation is 1. The molecule has 16 heavy (non-hydrogen) atoms. The molecule has 0 aromatic heterocycles. The van der Waals surface area contributed by atoms with E-state index in [1.165, 1.54) is 32.4 Å². The first kappa shape index (κ1) is 9.81. The largest absolute Gasteiger partial charge is 0.106 e. The Hall–Kier alpha value is -1.39. The van der Waals surface area contributed by atoms with Crippen molar-refractivity contribution in [3.8, 4) is 0 Å². The Labute approximate surface area is 97.5 Å². The van der Waals surface area contributed by atoms with Crippen LogP contribution in [0.25, 0.3) is 21.5 Å². The standard InChI is InChI=1S/C15H13P/c1-10-2-6-14-11(8-10)3-4-12-9-13(16)5-7-15(12)14/h2-9H,16H2,1H3. The van der Waals surface area contributed by atoms with Crippen molar-refractivity contribution in [1.29, 1.82) is 0 Å². The average molecular weight is 224 g/mol. The third-order valence-electron chi connectivity index (χ3n) is 3.02. The Kier molecular flexibility index (Phi) is 2.19. The summed E-state index contributed by atoms with van der Waals surface area (Å²) in [6.07, 6.45) is 0. The monoisotopic (exact) mass is 224 g/mol. The molecule has 0 bridgehead atoms. The van der Waals surface area contributed by atoms with Gasteiger partial charge in [-0.15, -0.1) is 9.24 Å². The van der Waals surface area contributed by atoms with Crippen molar-refractivity contribution in [3.05, 3.63) is 54.1 Å². The highest BCUT2D eigenvalue weighted by Crippen LogP contribution is 2.25. The van der Waals surface area contributed by atoms with Gasteiger partial charge >= 0.3 is 0 Å². The van der Waals surface area contributed by atoms with Crippen LogP contribution >= 0.6 is 9.24 Å². The molecule has 0 radical (unpaired) electrons. The molecule has 0 saturated heterocycles. The molecule has 0 saturated carbocycles. The van der Waals surface area contributed by atoms with Gasteiger partial charge in [0.2, 0.25) is 0 Å². The van der Waals surface area contributed by atoms with Crippen LogP contribution in [0.15, 0.2) is 48.5 Å². The minimum absolute atomic E-state index is 1.24. The van der Waals surface area contributed by atoms with Crippen LogP contribution in [0.3, 0.4) is 0 Å². The SMILES string of the molecule is Cc1ccc2c(ccc3cc(P)ccc32)c1. The summed E-state index contributed by atoms with van der Waals surface area (Å²) in [7, 11) is 2.75. The van der Waals surface area contributed by atoms with E-state index in [4.69, 9.17) is 0 Å². The van der Waals surface area contributed by atoms with E-state index < -0.39 is 0 Å². The summed E-state index contributed by atoms with van der Waals surface area (Å²) in [5, 5.41) is 6.55. The number of fused-ring (bicyclic) bond motifs is 3. The first-order valence-electron chi connectivity index (χ1n) is 5.43. The zero-order chi connectivity index (χ0) is 11.1. The summed E-state index contributed by atoms with van der Waals surface area (Å²) in [6.45, 7) is 2.13. The van der Waals surface area contributed by atoms with Crippen LogP contribution in [0.4, 0.5) is 0 Å². The van der Waals surface area contributed by atoms with E-state index in [0.717, 1.165) is 0 Å². The van der Waals surface area contributed by atoms with Crippen molar-refractivity contribution in [2.24, 2.45) is 0 Å². The van der Waals surface area contributed by atoms with Gasteiger partial charge in [-0.3, -0.25) is 0 Å². The fourth-order valence-electron chi connectivity index (χ4n) is 2.21. The summed E-state index contributed by atoms with van der Waals surface area (Å²) in [5.74, 6) is 0. The van der Waals surface area contributed by atoms with Gasteiger partial charge in [0.15, 0.2) is 0 Å². The molecule has 3 rings (SSSR count). The summed E-state index contributed by atoms with van der Waals surface area (Å²) in [6, 6.07) is 17.6. The molecule has 0 heterocycles. The van der Waals surface area contributed by atoms with Crippen molar-refractivity contribution in [3.63, 3.8) is 0 Å². The molecule has 0 amide bonds. The first-order valence-corrected chi connectivity index (χ1v) is 6.00. The lowest BCUT2D eigenvalue weighted by atomic mass is 10.0. The van der Waals surface area contributed by atoms with E-state index in [0.29, 0.717) is 0 Å². The minimum Gasteiger partial charge on any atom is -0.106 e. The Balaban J connectivity index is 2.50. The molecule has 0 aliphatic heterocycles. The van der Waals surface area contributed by atoms with E-state index in [9.17, 15) is 0 Å². The Morgan fingerprint density at radius 3 is 2.12 bits per heavy atom. The van der Waals surface area contributed by atoms with Crippen molar-refractivity contribution in [2.45, 2.75) is 6.92 Å². The molecular weight excluding hydrogens is 211 g/mol. The molecule has 1 atom stereocenters. The smallest absolute Gasteiger partial charge is 0.0105 e. The zero-order valence-corrected chi connectivity index (χ0v) is 10.4. The summed E-state index contributed by atoms with van der Waals surface area (Å²) in [5.41, 5.74) is 1.31. The second kappa shape index (κ2) is 3.57. The minimum atomic E-state index is 1.24. The quantitative estimate of drug-likeness (QED) is 0.402. The second-order valence-electron chi connectivity index (χ2n) is 4.27. The molecule has 0 fully saturated rings. The molecule has 0 nitrogen and oxygen atoms in total. The highest BCUT2D eigenvalue weighted by molar-refractivity contribution is 7.27. The van der Waals surface area contributed by atoms with Crippen LogP contribution in [0.5, 0.6) is 0 Å². The highest BCUT2D eigenvalue weighted by atomic mass is 31.0. The normalized spacial score (nSPS) is 11.1. The van der Waals surface area contributed by atoms with Gasteiger partial charge in [0.1, 0.15) is 0 Å². The molecule has 1 unspecified atom stereocenters. The van der Waals surface area contributed by atoms with E-state index in [1.54, 1.807) is 0 Å². The van der Waals surface area contributed by atoms with Crippen LogP contribution in [0, 0.1) is 6.92 Å². The van der Waals surface area contributed by atoms with Crippen LogP contribution in [0.2, 0.25) is 0 Å². The van der Waals surface area contributed by atoms with E-state index >= 15 is 0 Å². The van der Waals surface area contributed by atoms with Gasteiger partial charge in [0.05, 0.1) is 0 Å². The lowest BCUT2D eigenvalue weighted by molar-refractivity contribution is 1.51. The molecule has 78 valence electrons.